The van der Waals surface area contributed by atoms with E-state index in [9.17, 15) is 9.59 Å². The molecule has 0 spiro atoms. The molecule has 2 heterocycles. The van der Waals surface area contributed by atoms with Gasteiger partial charge in [-0.1, -0.05) is 29.8 Å². The van der Waals surface area contributed by atoms with E-state index >= 15 is 0 Å². The summed E-state index contributed by atoms with van der Waals surface area (Å²) in [4.78, 5) is 30.8. The predicted molar refractivity (Wildman–Crippen MR) is 96.0 cm³/mol. The van der Waals surface area contributed by atoms with Gasteiger partial charge in [-0.05, 0) is 19.4 Å². The number of nitrogens with one attached hydrogen (secondary N) is 3. The Labute approximate surface area is 152 Å². The minimum Gasteiger partial charge on any atom is -0.353 e. The molecule has 3 rings (SSSR count). The van der Waals surface area contributed by atoms with E-state index in [4.69, 9.17) is 0 Å². The fourth-order valence-electron chi connectivity index (χ4n) is 2.99. The maximum Gasteiger partial charge on any atom is 0.237 e. The molecule has 0 aliphatic carbocycles. The Morgan fingerprint density at radius 2 is 2.08 bits per heavy atom. The number of carbonyl (C=O) groups is 2. The van der Waals surface area contributed by atoms with Gasteiger partial charge < -0.3 is 10.6 Å². The number of piperazine rings is 1. The zero-order valence-corrected chi connectivity index (χ0v) is 15.1. The van der Waals surface area contributed by atoms with E-state index in [1.807, 2.05) is 6.92 Å². The van der Waals surface area contributed by atoms with Crippen LogP contribution in [0.15, 0.2) is 24.3 Å². The van der Waals surface area contributed by atoms with Crippen LogP contribution in [0.1, 0.15) is 29.2 Å². The fourth-order valence-corrected chi connectivity index (χ4v) is 2.99. The summed E-state index contributed by atoms with van der Waals surface area (Å²) in [5.41, 5.74) is 2.33. The second-order valence-corrected chi connectivity index (χ2v) is 6.58. The number of hydrogen-bond donors (Lipinski definition) is 3. The van der Waals surface area contributed by atoms with Crippen LogP contribution in [0, 0.1) is 13.8 Å². The smallest absolute Gasteiger partial charge is 0.237 e. The first kappa shape index (κ1) is 18.1. The number of carbonyl (C=O) groups excluding carboxylic acids is 2. The Morgan fingerprint density at radius 3 is 2.77 bits per heavy atom. The summed E-state index contributed by atoms with van der Waals surface area (Å²) in [7, 11) is 0. The summed E-state index contributed by atoms with van der Waals surface area (Å²) in [6.45, 7) is 6.05. The Balaban J connectivity index is 1.59. The van der Waals surface area contributed by atoms with Gasteiger partial charge in [0.15, 0.2) is 5.82 Å². The summed E-state index contributed by atoms with van der Waals surface area (Å²) in [5, 5.41) is 12.4. The number of H-pyrrole nitrogens is 1. The third-order valence-corrected chi connectivity index (χ3v) is 4.41. The lowest BCUT2D eigenvalue weighted by Crippen LogP contribution is -2.56. The van der Waals surface area contributed by atoms with Gasteiger partial charge in [0.05, 0.1) is 19.0 Å². The van der Waals surface area contributed by atoms with E-state index in [0.29, 0.717) is 24.7 Å². The maximum atomic E-state index is 12.3. The first-order chi connectivity index (χ1) is 12.5. The van der Waals surface area contributed by atoms with Crippen molar-refractivity contribution in [3.63, 3.8) is 0 Å². The van der Waals surface area contributed by atoms with Crippen LogP contribution in [0.4, 0.5) is 0 Å². The molecule has 26 heavy (non-hydrogen) atoms. The van der Waals surface area contributed by atoms with Crippen molar-refractivity contribution >= 4 is 11.8 Å². The molecule has 1 aliphatic heterocycles. The molecule has 1 saturated heterocycles. The number of aryl methyl sites for hydroxylation is 2. The topological polar surface area (TPSA) is 103 Å². The van der Waals surface area contributed by atoms with Crippen LogP contribution in [0.25, 0.3) is 0 Å². The molecule has 0 bridgehead atoms. The lowest BCUT2D eigenvalue weighted by atomic mass is 10.1. The van der Waals surface area contributed by atoms with Gasteiger partial charge in [0.25, 0.3) is 0 Å². The van der Waals surface area contributed by atoms with Gasteiger partial charge in [-0.25, -0.2) is 4.98 Å². The van der Waals surface area contributed by atoms with Crippen molar-refractivity contribution in [2.45, 2.75) is 39.4 Å². The SMILES string of the molecule is Cc1ccc(CN2CCNC(=O)[C@@H]2CC(=O)NCc2n[nH]c(C)n2)cc1. The third-order valence-electron chi connectivity index (χ3n) is 4.41. The van der Waals surface area contributed by atoms with Gasteiger partial charge >= 0.3 is 0 Å². The van der Waals surface area contributed by atoms with Crippen LogP contribution in [0.5, 0.6) is 0 Å². The Morgan fingerprint density at radius 1 is 1.31 bits per heavy atom. The quantitative estimate of drug-likeness (QED) is 0.696. The number of nitrogens with zero attached hydrogens (tertiary/aromatic N) is 3. The Bertz CT molecular complexity index is 770. The zero-order valence-electron chi connectivity index (χ0n) is 15.1. The summed E-state index contributed by atoms with van der Waals surface area (Å²) in [6, 6.07) is 7.76. The largest absolute Gasteiger partial charge is 0.353 e. The van der Waals surface area contributed by atoms with Crippen LogP contribution in [0.3, 0.4) is 0 Å². The second-order valence-electron chi connectivity index (χ2n) is 6.58. The van der Waals surface area contributed by atoms with E-state index in [1.165, 1.54) is 5.56 Å². The summed E-state index contributed by atoms with van der Waals surface area (Å²) in [5.74, 6) is 0.932. The predicted octanol–water partition coefficient (Wildman–Crippen LogP) is 0.428. The van der Waals surface area contributed by atoms with E-state index < -0.39 is 6.04 Å². The lowest BCUT2D eigenvalue weighted by Gasteiger charge is -2.34. The average molecular weight is 356 g/mol. The number of aromatic nitrogens is 3. The summed E-state index contributed by atoms with van der Waals surface area (Å²) in [6.07, 6.45) is 0.112. The molecule has 0 radical (unpaired) electrons. The molecule has 1 atom stereocenters. The molecule has 1 aliphatic rings. The molecule has 8 nitrogen and oxygen atoms in total. The van der Waals surface area contributed by atoms with Crippen molar-refractivity contribution in [1.29, 1.82) is 0 Å². The van der Waals surface area contributed by atoms with Gasteiger partial charge in [-0.3, -0.25) is 19.6 Å². The summed E-state index contributed by atoms with van der Waals surface area (Å²) >= 11 is 0. The van der Waals surface area contributed by atoms with Crippen LogP contribution in [0.2, 0.25) is 0 Å². The van der Waals surface area contributed by atoms with E-state index in [1.54, 1.807) is 6.92 Å². The van der Waals surface area contributed by atoms with Crippen molar-refractivity contribution in [1.82, 2.24) is 30.7 Å². The van der Waals surface area contributed by atoms with E-state index in [2.05, 4.69) is 55.0 Å². The van der Waals surface area contributed by atoms with Crippen molar-refractivity contribution in [3.8, 4) is 0 Å². The van der Waals surface area contributed by atoms with Gasteiger partial charge in [-0.15, -0.1) is 0 Å². The van der Waals surface area contributed by atoms with E-state index in [0.717, 1.165) is 12.1 Å². The highest BCUT2D eigenvalue weighted by molar-refractivity contribution is 5.88. The highest BCUT2D eigenvalue weighted by Crippen LogP contribution is 2.14. The molecule has 1 aromatic carbocycles. The molecule has 3 N–H and O–H groups in total. The molecular weight excluding hydrogens is 332 g/mol. The molecule has 8 heteroatoms. The first-order valence-electron chi connectivity index (χ1n) is 8.73. The zero-order chi connectivity index (χ0) is 18.5. The molecule has 1 fully saturated rings. The number of aromatic amines is 1. The minimum atomic E-state index is -0.473. The Hall–Kier alpha value is -2.74. The molecule has 0 unspecified atom stereocenters. The normalized spacial score (nSPS) is 17.8. The molecule has 2 amide bonds. The van der Waals surface area contributed by atoms with Crippen molar-refractivity contribution in [2.75, 3.05) is 13.1 Å². The molecule has 0 saturated carbocycles. The standard InChI is InChI=1S/C18H24N6O2/c1-12-3-5-14(6-4-12)11-24-8-7-19-18(26)15(24)9-17(25)20-10-16-21-13(2)22-23-16/h3-6,15H,7-11H2,1-2H3,(H,19,26)(H,20,25)(H,21,22,23)/t15-/m0/s1. The highest BCUT2D eigenvalue weighted by Gasteiger charge is 2.31. The number of benzene rings is 1. The van der Waals surface area contributed by atoms with Crippen LogP contribution >= 0.6 is 0 Å². The number of amides is 2. The van der Waals surface area contributed by atoms with Gasteiger partial charge in [0.2, 0.25) is 11.8 Å². The number of hydrogen-bond acceptors (Lipinski definition) is 5. The second kappa shape index (κ2) is 8.09. The maximum absolute atomic E-state index is 12.3. The van der Waals surface area contributed by atoms with E-state index in [-0.39, 0.29) is 24.8 Å². The monoisotopic (exact) mass is 356 g/mol. The lowest BCUT2D eigenvalue weighted by molar-refractivity contribution is -0.134. The highest BCUT2D eigenvalue weighted by atomic mass is 16.2. The molecular formula is C18H24N6O2. The Kier molecular flexibility index (Phi) is 5.62. The van der Waals surface area contributed by atoms with Crippen molar-refractivity contribution in [3.05, 3.63) is 47.0 Å². The third kappa shape index (κ3) is 4.66. The summed E-state index contributed by atoms with van der Waals surface area (Å²) < 4.78 is 0. The van der Waals surface area contributed by atoms with Crippen molar-refractivity contribution in [2.24, 2.45) is 0 Å². The fraction of sp³-hybridized carbons (Fsp3) is 0.444. The van der Waals surface area contributed by atoms with Crippen LogP contribution in [-0.2, 0) is 22.7 Å². The first-order valence-corrected chi connectivity index (χ1v) is 8.73. The minimum absolute atomic E-state index is 0.104. The van der Waals surface area contributed by atoms with Gasteiger partial charge in [-0.2, -0.15) is 5.10 Å². The number of rotatable bonds is 6. The van der Waals surface area contributed by atoms with Gasteiger partial charge in [0, 0.05) is 19.6 Å². The average Bonchev–Trinajstić information content (AvgIpc) is 3.03. The van der Waals surface area contributed by atoms with Crippen LogP contribution in [-0.4, -0.2) is 51.0 Å². The molecule has 1 aromatic heterocycles. The van der Waals surface area contributed by atoms with Crippen LogP contribution < -0.4 is 10.6 Å². The van der Waals surface area contributed by atoms with Crippen molar-refractivity contribution < 1.29 is 9.59 Å². The molecule has 2 aromatic rings. The molecule has 138 valence electrons. The van der Waals surface area contributed by atoms with Gasteiger partial charge in [0.1, 0.15) is 5.82 Å².